The van der Waals surface area contributed by atoms with Gasteiger partial charge in [-0.15, -0.1) is 0 Å². The molecule has 5 saturated carbocycles. The van der Waals surface area contributed by atoms with Crippen LogP contribution in [0.4, 0.5) is 0 Å². The van der Waals surface area contributed by atoms with Crippen LogP contribution in [0.1, 0.15) is 113 Å². The van der Waals surface area contributed by atoms with E-state index in [2.05, 4.69) is 55.4 Å². The molecule has 186 valence electrons. The van der Waals surface area contributed by atoms with Crippen molar-refractivity contribution in [3.63, 3.8) is 0 Å². The highest BCUT2D eigenvalue weighted by molar-refractivity contribution is 6.00. The molecule has 0 spiro atoms. The molecule has 2 nitrogen and oxygen atoms in total. The lowest BCUT2D eigenvalue weighted by Gasteiger charge is -2.72. The van der Waals surface area contributed by atoms with Crippen molar-refractivity contribution >= 4 is 5.78 Å². The number of Topliss-reactive ketones (excluding diaryl/α,β-unsaturated/α-hetero) is 1. The topological polar surface area (TPSA) is 37.3 Å². The van der Waals surface area contributed by atoms with E-state index in [1.165, 1.54) is 51.4 Å². The van der Waals surface area contributed by atoms with Gasteiger partial charge in [0.15, 0.2) is 5.78 Å². The smallest absolute Gasteiger partial charge is 0.167 e. The van der Waals surface area contributed by atoms with Crippen LogP contribution in [0.5, 0.6) is 0 Å². The average Bonchev–Trinajstić information content (AvgIpc) is 3.09. The Labute approximate surface area is 203 Å². The standard InChI is InChI=1S/C31H50O2/c1-19(2)21-11-13-28(5)15-16-30(7)22(25(21)28)9-10-24-29(6)17-20(18-32)26(33)27(3,4)23(29)12-14-31(24,30)8/h18-19,21-25,32H,9-17H2,1-8H3/t21-,22+,23-,24+,25+,28+,29-,30+,31+/m0/s1. The fourth-order valence-corrected chi connectivity index (χ4v) is 11.7. The second kappa shape index (κ2) is 7.13. The Hall–Kier alpha value is -0.790. The maximum atomic E-state index is 13.2. The summed E-state index contributed by atoms with van der Waals surface area (Å²) in [5, 5.41) is 10.0. The molecule has 0 saturated heterocycles. The highest BCUT2D eigenvalue weighted by Crippen LogP contribution is 2.77. The van der Waals surface area contributed by atoms with Gasteiger partial charge in [-0.2, -0.15) is 0 Å². The number of ketones is 1. The Balaban J connectivity index is 1.57. The molecule has 0 amide bonds. The lowest BCUT2D eigenvalue weighted by Crippen LogP contribution is -2.66. The van der Waals surface area contributed by atoms with Gasteiger partial charge in [-0.05, 0) is 115 Å². The molecular formula is C31H50O2. The first kappa shape index (κ1) is 23.9. The van der Waals surface area contributed by atoms with E-state index in [0.29, 0.717) is 33.7 Å². The summed E-state index contributed by atoms with van der Waals surface area (Å²) in [7, 11) is 0. The summed E-state index contributed by atoms with van der Waals surface area (Å²) in [5.41, 5.74) is 1.67. The SMILES string of the molecule is CC(C)[C@@H]1CC[C@]2(C)CC[C@]3(C)[C@H](CC[C@@H]4[C@@]5(C)CC(=CO)C(=O)C(C)(C)[C@@H]5CC[C@]43C)[C@@H]12. The minimum absolute atomic E-state index is 0.0980. The van der Waals surface area contributed by atoms with Gasteiger partial charge in [-0.3, -0.25) is 4.79 Å². The number of aliphatic hydroxyl groups excluding tert-OH is 1. The van der Waals surface area contributed by atoms with Gasteiger partial charge < -0.3 is 5.11 Å². The highest BCUT2D eigenvalue weighted by Gasteiger charge is 2.70. The van der Waals surface area contributed by atoms with Gasteiger partial charge in [-0.1, -0.05) is 55.4 Å². The number of rotatable bonds is 1. The van der Waals surface area contributed by atoms with Crippen LogP contribution in [0.15, 0.2) is 11.8 Å². The second-order valence-electron chi connectivity index (χ2n) is 15.2. The van der Waals surface area contributed by atoms with Crippen molar-refractivity contribution in [2.45, 2.75) is 113 Å². The van der Waals surface area contributed by atoms with E-state index in [-0.39, 0.29) is 16.6 Å². The molecule has 0 bridgehead atoms. The zero-order valence-corrected chi connectivity index (χ0v) is 22.8. The zero-order chi connectivity index (χ0) is 24.2. The van der Waals surface area contributed by atoms with Gasteiger partial charge in [0.1, 0.15) is 0 Å². The molecule has 0 aromatic heterocycles. The van der Waals surface area contributed by atoms with Crippen LogP contribution < -0.4 is 0 Å². The van der Waals surface area contributed by atoms with E-state index in [9.17, 15) is 9.90 Å². The number of carbonyl (C=O) groups excluding carboxylic acids is 1. The van der Waals surface area contributed by atoms with Crippen LogP contribution in [0, 0.1) is 62.6 Å². The summed E-state index contributed by atoms with van der Waals surface area (Å²) in [6, 6.07) is 0. The molecule has 1 N–H and O–H groups in total. The molecule has 2 heteroatoms. The predicted molar refractivity (Wildman–Crippen MR) is 136 cm³/mol. The molecule has 5 aliphatic carbocycles. The molecule has 0 radical (unpaired) electrons. The highest BCUT2D eigenvalue weighted by atomic mass is 16.2. The zero-order valence-electron chi connectivity index (χ0n) is 22.8. The van der Waals surface area contributed by atoms with E-state index in [4.69, 9.17) is 0 Å². The normalized spacial score (nSPS) is 54.5. The quantitative estimate of drug-likeness (QED) is 0.319. The molecule has 33 heavy (non-hydrogen) atoms. The van der Waals surface area contributed by atoms with Crippen molar-refractivity contribution in [2.24, 2.45) is 62.6 Å². The third kappa shape index (κ3) is 2.82. The van der Waals surface area contributed by atoms with Gasteiger partial charge in [0.25, 0.3) is 0 Å². The van der Waals surface area contributed by atoms with Crippen LogP contribution in [0.3, 0.4) is 0 Å². The summed E-state index contributed by atoms with van der Waals surface area (Å²) >= 11 is 0. The fraction of sp³-hybridized carbons (Fsp3) is 0.903. The Morgan fingerprint density at radius 2 is 1.55 bits per heavy atom. The Morgan fingerprint density at radius 3 is 2.18 bits per heavy atom. The van der Waals surface area contributed by atoms with Crippen LogP contribution in [0.25, 0.3) is 0 Å². The maximum Gasteiger partial charge on any atom is 0.167 e. The molecule has 0 unspecified atom stereocenters. The van der Waals surface area contributed by atoms with Crippen molar-refractivity contribution in [3.05, 3.63) is 11.8 Å². The van der Waals surface area contributed by atoms with Crippen LogP contribution >= 0.6 is 0 Å². The molecular weight excluding hydrogens is 404 g/mol. The molecule has 0 heterocycles. The molecule has 5 rings (SSSR count). The number of hydrogen-bond acceptors (Lipinski definition) is 2. The number of carbonyl (C=O) groups is 1. The van der Waals surface area contributed by atoms with Crippen molar-refractivity contribution in [3.8, 4) is 0 Å². The maximum absolute atomic E-state index is 13.2. The largest absolute Gasteiger partial charge is 0.515 e. The van der Waals surface area contributed by atoms with Crippen LogP contribution in [-0.2, 0) is 4.79 Å². The molecule has 0 aromatic rings. The lowest BCUT2D eigenvalue weighted by atomic mass is 9.32. The van der Waals surface area contributed by atoms with Crippen LogP contribution in [-0.4, -0.2) is 10.9 Å². The minimum atomic E-state index is -0.375. The van der Waals surface area contributed by atoms with E-state index >= 15 is 0 Å². The summed E-state index contributed by atoms with van der Waals surface area (Å²) in [6.45, 7) is 19.8. The van der Waals surface area contributed by atoms with E-state index in [0.717, 1.165) is 36.4 Å². The summed E-state index contributed by atoms with van der Waals surface area (Å²) < 4.78 is 0. The minimum Gasteiger partial charge on any atom is -0.515 e. The second-order valence-corrected chi connectivity index (χ2v) is 15.2. The van der Waals surface area contributed by atoms with E-state index in [1.54, 1.807) is 0 Å². The molecule has 5 aliphatic rings. The van der Waals surface area contributed by atoms with Gasteiger partial charge in [0, 0.05) is 11.0 Å². The fourth-order valence-electron chi connectivity index (χ4n) is 11.7. The monoisotopic (exact) mass is 454 g/mol. The third-order valence-electron chi connectivity index (χ3n) is 13.5. The number of hydrogen-bond donors (Lipinski definition) is 1. The predicted octanol–water partition coefficient (Wildman–Crippen LogP) is 8.36. The van der Waals surface area contributed by atoms with Gasteiger partial charge in [0.05, 0.1) is 6.26 Å². The van der Waals surface area contributed by atoms with Gasteiger partial charge >= 0.3 is 0 Å². The summed E-state index contributed by atoms with van der Waals surface area (Å²) in [5.74, 6) is 4.66. The number of fused-ring (bicyclic) bond motifs is 7. The van der Waals surface area contributed by atoms with Crippen molar-refractivity contribution in [1.82, 2.24) is 0 Å². The molecule has 9 atom stereocenters. The average molecular weight is 455 g/mol. The van der Waals surface area contributed by atoms with Crippen molar-refractivity contribution in [1.29, 1.82) is 0 Å². The molecule has 0 aliphatic heterocycles. The first-order chi connectivity index (χ1) is 15.3. The first-order valence-electron chi connectivity index (χ1n) is 14.1. The Bertz CT molecular complexity index is 868. The lowest BCUT2D eigenvalue weighted by molar-refractivity contribution is -0.230. The van der Waals surface area contributed by atoms with Crippen molar-refractivity contribution < 1.29 is 9.90 Å². The third-order valence-corrected chi connectivity index (χ3v) is 13.5. The molecule has 0 aromatic carbocycles. The first-order valence-corrected chi connectivity index (χ1v) is 14.1. The number of allylic oxidation sites excluding steroid dienone is 1. The molecule has 5 fully saturated rings. The number of aliphatic hydroxyl groups is 1. The van der Waals surface area contributed by atoms with Crippen LogP contribution in [0.2, 0.25) is 0 Å². The van der Waals surface area contributed by atoms with E-state index in [1.807, 2.05) is 0 Å². The Morgan fingerprint density at radius 1 is 0.848 bits per heavy atom. The summed E-state index contributed by atoms with van der Waals surface area (Å²) in [4.78, 5) is 13.2. The van der Waals surface area contributed by atoms with Gasteiger partial charge in [0.2, 0.25) is 0 Å². The van der Waals surface area contributed by atoms with Crippen molar-refractivity contribution in [2.75, 3.05) is 0 Å². The summed E-state index contributed by atoms with van der Waals surface area (Å²) in [6.07, 6.45) is 12.7. The Kier molecular flexibility index (Phi) is 5.17. The van der Waals surface area contributed by atoms with E-state index < -0.39 is 0 Å². The van der Waals surface area contributed by atoms with Gasteiger partial charge in [-0.25, -0.2) is 0 Å².